The molecule has 1 amide bonds. The summed E-state index contributed by atoms with van der Waals surface area (Å²) in [5.41, 5.74) is 0. The molecule has 0 saturated heterocycles. The van der Waals surface area contributed by atoms with Crippen LogP contribution in [-0.2, 0) is 28.6 Å². The van der Waals surface area contributed by atoms with Gasteiger partial charge in [0.1, 0.15) is 6.04 Å². The third kappa shape index (κ3) is 7.85. The fraction of sp³-hybridized carbons (Fsp3) is 0.778. The van der Waals surface area contributed by atoms with Crippen molar-refractivity contribution in [3.05, 3.63) is 0 Å². The van der Waals surface area contributed by atoms with Crippen LogP contribution in [0.4, 0.5) is 4.79 Å². The van der Waals surface area contributed by atoms with Crippen molar-refractivity contribution in [1.29, 1.82) is 0 Å². The molecule has 0 saturated carbocycles. The Bertz CT molecular complexity index is 378. The van der Waals surface area contributed by atoms with E-state index in [0.29, 0.717) is 0 Å². The molecule has 0 unspecified atom stereocenters. The number of methoxy groups -OCH3 is 1. The van der Waals surface area contributed by atoms with Crippen LogP contribution in [0.15, 0.2) is 0 Å². The summed E-state index contributed by atoms with van der Waals surface area (Å²) in [6.07, 6.45) is 0.0357. The fourth-order valence-corrected chi connectivity index (χ4v) is 1.41. The molecule has 1 atom stereocenters. The van der Waals surface area contributed by atoms with Crippen LogP contribution < -0.4 is 5.32 Å². The number of rotatable bonds is 7. The number of carbonyl (C=O) groups is 2. The lowest BCUT2D eigenvalue weighted by Gasteiger charge is -2.15. The molecule has 0 radical (unpaired) electrons. The molecule has 0 aliphatic rings. The maximum absolute atomic E-state index is 11.5. The second-order valence-corrected chi connectivity index (χ2v) is 4.90. The molecule has 0 fully saturated rings. The van der Waals surface area contributed by atoms with Gasteiger partial charge in [-0.1, -0.05) is 0 Å². The third-order valence-electron chi connectivity index (χ3n) is 1.75. The second-order valence-electron chi connectivity index (χ2n) is 3.26. The molecular weight excluding hydrogens is 266 g/mol. The minimum atomic E-state index is -3.59. The van der Waals surface area contributed by atoms with Crippen LogP contribution in [-0.4, -0.2) is 53.1 Å². The van der Waals surface area contributed by atoms with E-state index in [1.54, 1.807) is 6.92 Å². The van der Waals surface area contributed by atoms with E-state index in [1.807, 2.05) is 0 Å². The number of amides is 1. The summed E-state index contributed by atoms with van der Waals surface area (Å²) >= 11 is 0. The molecule has 0 aromatic carbocycles. The van der Waals surface area contributed by atoms with Gasteiger partial charge in [-0.3, -0.25) is 4.18 Å². The third-order valence-corrected chi connectivity index (χ3v) is 2.35. The zero-order chi connectivity index (χ0) is 14.2. The Morgan fingerprint density at radius 2 is 1.94 bits per heavy atom. The SMILES string of the molecule is CCOC(=O)[C@H](CCOS(C)(=O)=O)NC(=O)OC. The van der Waals surface area contributed by atoms with Gasteiger partial charge in [0, 0.05) is 6.42 Å². The average Bonchev–Trinajstić information content (AvgIpc) is 2.26. The molecule has 1 N–H and O–H groups in total. The molecule has 0 aliphatic carbocycles. The quantitative estimate of drug-likeness (QED) is 0.502. The first kappa shape index (κ1) is 16.6. The number of hydrogen-bond acceptors (Lipinski definition) is 7. The minimum absolute atomic E-state index is 0.0407. The van der Waals surface area contributed by atoms with Crippen molar-refractivity contribution < 1.29 is 31.7 Å². The Kier molecular flexibility index (Phi) is 7.29. The summed E-state index contributed by atoms with van der Waals surface area (Å²) in [4.78, 5) is 22.4. The number of carbonyl (C=O) groups excluding carboxylic acids is 2. The van der Waals surface area contributed by atoms with E-state index < -0.39 is 28.2 Å². The maximum atomic E-state index is 11.5. The first-order chi connectivity index (χ1) is 8.30. The molecular formula is C9H17NO7S. The average molecular weight is 283 g/mol. The van der Waals surface area contributed by atoms with E-state index in [1.165, 1.54) is 0 Å². The Labute approximate surface area is 106 Å². The van der Waals surface area contributed by atoms with Gasteiger partial charge in [0.25, 0.3) is 10.1 Å². The standard InChI is InChI=1S/C9H17NO7S/c1-4-16-8(11)7(10-9(12)15-2)5-6-17-18(3,13)14/h7H,4-6H2,1-3H3,(H,10,12)/t7-/m0/s1. The van der Waals surface area contributed by atoms with Gasteiger partial charge in [-0.05, 0) is 6.92 Å². The number of ether oxygens (including phenoxy) is 2. The van der Waals surface area contributed by atoms with Crippen molar-refractivity contribution in [2.45, 2.75) is 19.4 Å². The van der Waals surface area contributed by atoms with E-state index in [9.17, 15) is 18.0 Å². The highest BCUT2D eigenvalue weighted by Gasteiger charge is 2.22. The highest BCUT2D eigenvalue weighted by atomic mass is 32.2. The molecule has 106 valence electrons. The predicted octanol–water partition coefficient (Wildman–Crippen LogP) is -0.360. The van der Waals surface area contributed by atoms with Crippen molar-refractivity contribution in [3.63, 3.8) is 0 Å². The van der Waals surface area contributed by atoms with E-state index in [4.69, 9.17) is 4.74 Å². The first-order valence-corrected chi connectivity index (χ1v) is 6.97. The summed E-state index contributed by atoms with van der Waals surface area (Å²) in [5.74, 6) is -0.681. The van der Waals surface area contributed by atoms with Crippen molar-refractivity contribution in [2.75, 3.05) is 26.6 Å². The van der Waals surface area contributed by atoms with Gasteiger partial charge in [0.2, 0.25) is 0 Å². The lowest BCUT2D eigenvalue weighted by Crippen LogP contribution is -2.42. The normalized spacial score (nSPS) is 12.6. The van der Waals surface area contributed by atoms with Gasteiger partial charge in [-0.25, -0.2) is 9.59 Å². The summed E-state index contributed by atoms with van der Waals surface area (Å²) in [6, 6.07) is -1.01. The molecule has 0 aromatic rings. The highest BCUT2D eigenvalue weighted by Crippen LogP contribution is 2.00. The Balaban J connectivity index is 4.38. The summed E-state index contributed by atoms with van der Waals surface area (Å²) in [5, 5.41) is 2.23. The van der Waals surface area contributed by atoms with Crippen LogP contribution in [0.3, 0.4) is 0 Å². The Morgan fingerprint density at radius 3 is 2.39 bits per heavy atom. The second kappa shape index (κ2) is 7.88. The smallest absolute Gasteiger partial charge is 0.407 e. The van der Waals surface area contributed by atoms with Crippen molar-refractivity contribution in [3.8, 4) is 0 Å². The molecule has 0 aliphatic heterocycles. The van der Waals surface area contributed by atoms with Crippen molar-refractivity contribution in [1.82, 2.24) is 5.32 Å². The van der Waals surface area contributed by atoms with Crippen LogP contribution in [0.5, 0.6) is 0 Å². The zero-order valence-corrected chi connectivity index (χ0v) is 11.3. The lowest BCUT2D eigenvalue weighted by atomic mass is 10.2. The van der Waals surface area contributed by atoms with Crippen LogP contribution in [0, 0.1) is 0 Å². The summed E-state index contributed by atoms with van der Waals surface area (Å²) in [6.45, 7) is 1.51. The molecule has 0 bridgehead atoms. The molecule has 0 heterocycles. The van der Waals surface area contributed by atoms with E-state index in [2.05, 4.69) is 14.2 Å². The number of esters is 1. The van der Waals surface area contributed by atoms with Gasteiger partial charge < -0.3 is 14.8 Å². The lowest BCUT2D eigenvalue weighted by molar-refractivity contribution is -0.145. The minimum Gasteiger partial charge on any atom is -0.464 e. The highest BCUT2D eigenvalue weighted by molar-refractivity contribution is 7.85. The van der Waals surface area contributed by atoms with Crippen LogP contribution in [0.1, 0.15) is 13.3 Å². The first-order valence-electron chi connectivity index (χ1n) is 5.15. The predicted molar refractivity (Wildman–Crippen MR) is 61.4 cm³/mol. The van der Waals surface area contributed by atoms with Crippen LogP contribution in [0.25, 0.3) is 0 Å². The van der Waals surface area contributed by atoms with Gasteiger partial charge >= 0.3 is 12.1 Å². The van der Waals surface area contributed by atoms with E-state index in [-0.39, 0.29) is 19.6 Å². The number of alkyl carbamates (subject to hydrolysis) is 1. The largest absolute Gasteiger partial charge is 0.464 e. The maximum Gasteiger partial charge on any atom is 0.407 e. The molecule has 9 heteroatoms. The molecule has 0 aromatic heterocycles. The van der Waals surface area contributed by atoms with Crippen LogP contribution >= 0.6 is 0 Å². The topological polar surface area (TPSA) is 108 Å². The Morgan fingerprint density at radius 1 is 1.33 bits per heavy atom. The van der Waals surface area contributed by atoms with E-state index >= 15 is 0 Å². The Hall–Kier alpha value is -1.35. The van der Waals surface area contributed by atoms with Crippen LogP contribution in [0.2, 0.25) is 0 Å². The van der Waals surface area contributed by atoms with Gasteiger partial charge in [-0.2, -0.15) is 8.42 Å². The zero-order valence-electron chi connectivity index (χ0n) is 10.5. The summed E-state index contributed by atoms with van der Waals surface area (Å²) in [7, 11) is -2.44. The van der Waals surface area contributed by atoms with Gasteiger partial charge in [0.15, 0.2) is 0 Å². The van der Waals surface area contributed by atoms with E-state index in [0.717, 1.165) is 13.4 Å². The molecule has 0 spiro atoms. The number of hydrogen-bond donors (Lipinski definition) is 1. The monoisotopic (exact) mass is 283 g/mol. The van der Waals surface area contributed by atoms with Gasteiger partial charge in [0.05, 0.1) is 26.6 Å². The molecule has 8 nitrogen and oxygen atoms in total. The fourth-order valence-electron chi connectivity index (χ4n) is 1.01. The molecule has 18 heavy (non-hydrogen) atoms. The van der Waals surface area contributed by atoms with Gasteiger partial charge in [-0.15, -0.1) is 0 Å². The molecule has 0 rings (SSSR count). The van der Waals surface area contributed by atoms with Crippen molar-refractivity contribution >= 4 is 22.2 Å². The number of nitrogens with one attached hydrogen (secondary N) is 1. The van der Waals surface area contributed by atoms with Crippen molar-refractivity contribution in [2.24, 2.45) is 0 Å². The summed E-state index contributed by atoms with van der Waals surface area (Å²) < 4.78 is 35.0.